The molecule has 1 aromatic rings. The summed E-state index contributed by atoms with van der Waals surface area (Å²) in [5, 5.41) is 0.130. The molecule has 1 fully saturated rings. The van der Waals surface area contributed by atoms with Gasteiger partial charge in [-0.25, -0.2) is 4.79 Å². The van der Waals surface area contributed by atoms with Gasteiger partial charge in [0.15, 0.2) is 14.1 Å². The Hall–Kier alpha value is -1.21. The topological polar surface area (TPSA) is 54.0 Å². The first-order valence-electron chi connectivity index (χ1n) is 9.18. The zero-order chi connectivity index (χ0) is 19.4. The Morgan fingerprint density at radius 1 is 1.27 bits per heavy atom. The Morgan fingerprint density at radius 3 is 2.50 bits per heavy atom. The molecule has 1 saturated heterocycles. The van der Waals surface area contributed by atoms with Crippen LogP contribution in [0.5, 0.6) is 0 Å². The summed E-state index contributed by atoms with van der Waals surface area (Å²) in [7, 11) is -0.237. The number of rotatable bonds is 7. The van der Waals surface area contributed by atoms with Crippen molar-refractivity contribution in [3.05, 3.63) is 35.9 Å². The quantitative estimate of drug-likeness (QED) is 0.519. The van der Waals surface area contributed by atoms with Gasteiger partial charge in [-0.05, 0) is 36.7 Å². The molecule has 0 N–H and O–H groups in total. The fourth-order valence-electron chi connectivity index (χ4n) is 2.57. The van der Waals surface area contributed by atoms with Crippen molar-refractivity contribution in [3.63, 3.8) is 0 Å². The second kappa shape index (κ2) is 8.21. The minimum absolute atomic E-state index is 0.130. The van der Waals surface area contributed by atoms with Crippen LogP contribution in [0.1, 0.15) is 44.0 Å². The summed E-state index contributed by atoms with van der Waals surface area (Å²) in [5.74, 6) is -1.08. The van der Waals surface area contributed by atoms with E-state index in [4.69, 9.17) is 18.6 Å². The number of benzene rings is 1. The normalized spacial score (nSPS) is 23.8. The summed E-state index contributed by atoms with van der Waals surface area (Å²) in [6.07, 6.45) is 1.33. The molecule has 0 unspecified atom stereocenters. The summed E-state index contributed by atoms with van der Waals surface area (Å²) in [4.78, 5) is 12.1. The van der Waals surface area contributed by atoms with E-state index in [-0.39, 0.29) is 23.7 Å². The third-order valence-electron chi connectivity index (χ3n) is 5.47. The second-order valence-electron chi connectivity index (χ2n) is 8.41. The standard InChI is InChI=1S/C20H32O5Si/c1-19(2,3)26(5,6)24-15-20(22-4)13-12-17(25-20)14-23-18(21)16-10-8-7-9-11-16/h7-11,17H,12-15H2,1-6H3/t17-,20-/m0/s1. The van der Waals surface area contributed by atoms with E-state index in [2.05, 4.69) is 33.9 Å². The van der Waals surface area contributed by atoms with E-state index < -0.39 is 14.1 Å². The SMILES string of the molecule is CO[C@@]1(CO[Si](C)(C)C(C)(C)C)CC[C@@H](COC(=O)c2ccccc2)O1. The monoisotopic (exact) mass is 380 g/mol. The first kappa shape index (κ1) is 21.1. The molecule has 0 saturated carbocycles. The van der Waals surface area contributed by atoms with Gasteiger partial charge in [-0.2, -0.15) is 0 Å². The van der Waals surface area contributed by atoms with Gasteiger partial charge >= 0.3 is 5.97 Å². The highest BCUT2D eigenvalue weighted by molar-refractivity contribution is 6.74. The highest BCUT2D eigenvalue weighted by Gasteiger charge is 2.45. The Bertz CT molecular complexity index is 596. The van der Waals surface area contributed by atoms with Crippen LogP contribution in [0.3, 0.4) is 0 Å². The summed E-state index contributed by atoms with van der Waals surface area (Å²) >= 11 is 0. The lowest BCUT2D eigenvalue weighted by Gasteiger charge is -2.39. The molecule has 0 aliphatic carbocycles. The molecule has 0 aromatic heterocycles. The van der Waals surface area contributed by atoms with Crippen LogP contribution in [0.25, 0.3) is 0 Å². The third-order valence-corrected chi connectivity index (χ3v) is 9.95. The summed E-state index contributed by atoms with van der Waals surface area (Å²) in [6.45, 7) is 11.7. The molecule has 1 aromatic carbocycles. The van der Waals surface area contributed by atoms with Crippen molar-refractivity contribution in [1.29, 1.82) is 0 Å². The summed E-state index contributed by atoms with van der Waals surface area (Å²) in [5.41, 5.74) is 0.546. The lowest BCUT2D eigenvalue weighted by molar-refractivity contribution is -0.231. The predicted octanol–water partition coefficient (Wildman–Crippen LogP) is 4.39. The van der Waals surface area contributed by atoms with Crippen LogP contribution in [0.15, 0.2) is 30.3 Å². The predicted molar refractivity (Wildman–Crippen MR) is 104 cm³/mol. The Morgan fingerprint density at radius 2 is 1.92 bits per heavy atom. The molecule has 0 radical (unpaired) electrons. The summed E-state index contributed by atoms with van der Waals surface area (Å²) in [6, 6.07) is 8.98. The van der Waals surface area contributed by atoms with Crippen LogP contribution >= 0.6 is 0 Å². The van der Waals surface area contributed by atoms with Crippen LogP contribution in [-0.2, 0) is 18.6 Å². The maximum absolute atomic E-state index is 12.1. The molecule has 2 rings (SSSR count). The van der Waals surface area contributed by atoms with E-state index >= 15 is 0 Å². The zero-order valence-corrected chi connectivity index (χ0v) is 17.8. The first-order valence-corrected chi connectivity index (χ1v) is 12.1. The molecule has 0 spiro atoms. The van der Waals surface area contributed by atoms with Crippen molar-refractivity contribution in [3.8, 4) is 0 Å². The summed E-state index contributed by atoms with van der Waals surface area (Å²) < 4.78 is 23.4. The Labute approximate surface area is 158 Å². The molecule has 6 heteroatoms. The molecule has 0 amide bonds. The molecule has 1 aliphatic heterocycles. The number of carbonyl (C=O) groups excluding carboxylic acids is 1. The van der Waals surface area contributed by atoms with Crippen molar-refractivity contribution in [2.75, 3.05) is 20.3 Å². The molecule has 146 valence electrons. The van der Waals surface area contributed by atoms with Gasteiger partial charge < -0.3 is 18.6 Å². The lowest BCUT2D eigenvalue weighted by Crippen LogP contribution is -2.47. The molecule has 0 bridgehead atoms. The van der Waals surface area contributed by atoms with Gasteiger partial charge in [-0.1, -0.05) is 39.0 Å². The Kier molecular flexibility index (Phi) is 6.66. The highest BCUT2D eigenvalue weighted by atomic mass is 28.4. The maximum atomic E-state index is 12.1. The Balaban J connectivity index is 1.87. The van der Waals surface area contributed by atoms with Crippen molar-refractivity contribution in [1.82, 2.24) is 0 Å². The van der Waals surface area contributed by atoms with Gasteiger partial charge in [-0.3, -0.25) is 0 Å². The van der Waals surface area contributed by atoms with Gasteiger partial charge in [0.05, 0.1) is 18.3 Å². The molecule has 1 heterocycles. The van der Waals surface area contributed by atoms with Crippen LogP contribution in [0, 0.1) is 0 Å². The van der Waals surface area contributed by atoms with Gasteiger partial charge in [0.1, 0.15) is 6.61 Å². The molecule has 26 heavy (non-hydrogen) atoms. The minimum atomic E-state index is -1.88. The third kappa shape index (κ3) is 5.16. The van der Waals surface area contributed by atoms with Crippen LogP contribution < -0.4 is 0 Å². The molecular formula is C20H32O5Si. The minimum Gasteiger partial charge on any atom is -0.459 e. The largest absolute Gasteiger partial charge is 0.459 e. The van der Waals surface area contributed by atoms with Crippen molar-refractivity contribution < 1.29 is 23.4 Å². The molecule has 2 atom stereocenters. The van der Waals surface area contributed by atoms with Crippen LogP contribution in [0.2, 0.25) is 18.1 Å². The average Bonchev–Trinajstić information content (AvgIpc) is 3.02. The van der Waals surface area contributed by atoms with Gasteiger partial charge in [0.25, 0.3) is 0 Å². The number of hydrogen-bond donors (Lipinski definition) is 0. The maximum Gasteiger partial charge on any atom is 0.338 e. The van der Waals surface area contributed by atoms with Crippen molar-refractivity contribution >= 4 is 14.3 Å². The zero-order valence-electron chi connectivity index (χ0n) is 16.8. The molecule has 5 nitrogen and oxygen atoms in total. The molecular weight excluding hydrogens is 348 g/mol. The number of carbonyl (C=O) groups is 1. The van der Waals surface area contributed by atoms with E-state index in [1.807, 2.05) is 18.2 Å². The van der Waals surface area contributed by atoms with E-state index in [0.717, 1.165) is 12.8 Å². The van der Waals surface area contributed by atoms with Gasteiger partial charge in [0.2, 0.25) is 0 Å². The van der Waals surface area contributed by atoms with E-state index in [1.165, 1.54) is 0 Å². The number of ether oxygens (including phenoxy) is 3. The lowest BCUT2D eigenvalue weighted by atomic mass is 10.1. The van der Waals surface area contributed by atoms with Gasteiger partial charge in [-0.15, -0.1) is 0 Å². The van der Waals surface area contributed by atoms with E-state index in [9.17, 15) is 4.79 Å². The van der Waals surface area contributed by atoms with Gasteiger partial charge in [0, 0.05) is 13.5 Å². The van der Waals surface area contributed by atoms with Crippen LogP contribution in [-0.4, -0.2) is 46.5 Å². The second-order valence-corrected chi connectivity index (χ2v) is 13.2. The fourth-order valence-corrected chi connectivity index (χ4v) is 3.58. The van der Waals surface area contributed by atoms with Crippen molar-refractivity contribution in [2.24, 2.45) is 0 Å². The van der Waals surface area contributed by atoms with Crippen LogP contribution in [0.4, 0.5) is 0 Å². The average molecular weight is 381 g/mol. The molecule has 1 aliphatic rings. The van der Waals surface area contributed by atoms with Crippen molar-refractivity contribution in [2.45, 2.75) is 63.6 Å². The first-order chi connectivity index (χ1) is 12.1. The number of hydrogen-bond acceptors (Lipinski definition) is 5. The number of methoxy groups -OCH3 is 1. The highest BCUT2D eigenvalue weighted by Crippen LogP contribution is 2.39. The van der Waals surface area contributed by atoms with E-state index in [1.54, 1.807) is 19.2 Å². The number of esters is 1. The van der Waals surface area contributed by atoms with E-state index in [0.29, 0.717) is 12.2 Å². The fraction of sp³-hybridized carbons (Fsp3) is 0.650. The smallest absolute Gasteiger partial charge is 0.338 e.